The zero-order valence-corrected chi connectivity index (χ0v) is 14.7. The first-order valence-corrected chi connectivity index (χ1v) is 8.65. The van der Waals surface area contributed by atoms with Gasteiger partial charge in [0.1, 0.15) is 0 Å². The summed E-state index contributed by atoms with van der Waals surface area (Å²) in [6.45, 7) is 2.81. The lowest BCUT2D eigenvalue weighted by Gasteiger charge is -2.13. The Labute approximate surface area is 146 Å². The fourth-order valence-corrected chi connectivity index (χ4v) is 3.33. The first kappa shape index (κ1) is 17.4. The lowest BCUT2D eigenvalue weighted by molar-refractivity contribution is 0.102. The normalized spacial score (nSPS) is 14.8. The van der Waals surface area contributed by atoms with Crippen molar-refractivity contribution in [3.8, 4) is 0 Å². The van der Waals surface area contributed by atoms with Crippen LogP contribution in [-0.4, -0.2) is 34.0 Å². The van der Waals surface area contributed by atoms with E-state index in [9.17, 15) is 9.59 Å². The Kier molecular flexibility index (Phi) is 5.33. The number of nitrogens with zero attached hydrogens (tertiary/aromatic N) is 3. The lowest BCUT2D eigenvalue weighted by atomic mass is 10.2. The van der Waals surface area contributed by atoms with Crippen molar-refractivity contribution in [1.82, 2.24) is 14.3 Å². The van der Waals surface area contributed by atoms with E-state index in [0.29, 0.717) is 30.4 Å². The average molecular weight is 344 g/mol. The molecular formula is C18H24N4O3. The molecule has 7 heteroatoms. The average Bonchev–Trinajstić information content (AvgIpc) is 3.24. The third kappa shape index (κ3) is 3.82. The SMILES string of the molecule is COCCn1cc(NC(=O)c2cnn(C3CCCC3)c2C)ccc1=O. The first-order valence-electron chi connectivity index (χ1n) is 8.65. The van der Waals surface area contributed by atoms with Crippen molar-refractivity contribution in [1.29, 1.82) is 0 Å². The van der Waals surface area contributed by atoms with Gasteiger partial charge in [0.05, 0.1) is 30.1 Å². The van der Waals surface area contributed by atoms with Gasteiger partial charge < -0.3 is 14.6 Å². The lowest BCUT2D eigenvalue weighted by Crippen LogP contribution is -2.22. The van der Waals surface area contributed by atoms with Crippen LogP contribution in [0.15, 0.2) is 29.3 Å². The molecule has 0 spiro atoms. The molecule has 1 saturated carbocycles. The van der Waals surface area contributed by atoms with Crippen LogP contribution in [0.3, 0.4) is 0 Å². The molecule has 0 aromatic carbocycles. The summed E-state index contributed by atoms with van der Waals surface area (Å²) in [4.78, 5) is 24.4. The van der Waals surface area contributed by atoms with Crippen LogP contribution in [0.5, 0.6) is 0 Å². The molecule has 1 N–H and O–H groups in total. The van der Waals surface area contributed by atoms with Crippen molar-refractivity contribution in [2.45, 2.75) is 45.2 Å². The fourth-order valence-electron chi connectivity index (χ4n) is 3.33. The number of methoxy groups -OCH3 is 1. The van der Waals surface area contributed by atoms with Crippen LogP contribution >= 0.6 is 0 Å². The summed E-state index contributed by atoms with van der Waals surface area (Å²) in [6, 6.07) is 3.46. The van der Waals surface area contributed by atoms with Gasteiger partial charge in [-0.25, -0.2) is 0 Å². The monoisotopic (exact) mass is 344 g/mol. The van der Waals surface area contributed by atoms with Crippen LogP contribution in [-0.2, 0) is 11.3 Å². The topological polar surface area (TPSA) is 78.2 Å². The molecule has 0 aliphatic heterocycles. The minimum Gasteiger partial charge on any atom is -0.383 e. The van der Waals surface area contributed by atoms with Gasteiger partial charge in [0.2, 0.25) is 0 Å². The van der Waals surface area contributed by atoms with E-state index >= 15 is 0 Å². The number of aromatic nitrogens is 3. The van der Waals surface area contributed by atoms with E-state index in [2.05, 4.69) is 10.4 Å². The number of hydrogen-bond donors (Lipinski definition) is 1. The molecule has 1 aliphatic carbocycles. The largest absolute Gasteiger partial charge is 0.383 e. The van der Waals surface area contributed by atoms with Crippen molar-refractivity contribution in [2.24, 2.45) is 0 Å². The molecule has 1 fully saturated rings. The van der Waals surface area contributed by atoms with E-state index in [1.165, 1.54) is 23.5 Å². The Morgan fingerprint density at radius 3 is 2.84 bits per heavy atom. The molecule has 134 valence electrons. The Bertz CT molecular complexity index is 803. The summed E-state index contributed by atoms with van der Waals surface area (Å²) >= 11 is 0. The number of hydrogen-bond acceptors (Lipinski definition) is 4. The van der Waals surface area contributed by atoms with Crippen LogP contribution in [0.4, 0.5) is 5.69 Å². The summed E-state index contributed by atoms with van der Waals surface area (Å²) in [5.74, 6) is -0.210. The summed E-state index contributed by atoms with van der Waals surface area (Å²) in [5.41, 5.74) is 1.91. The maximum absolute atomic E-state index is 12.6. The number of nitrogens with one attached hydrogen (secondary N) is 1. The predicted molar refractivity (Wildman–Crippen MR) is 95.0 cm³/mol. The molecule has 2 aromatic rings. The van der Waals surface area contributed by atoms with E-state index in [1.54, 1.807) is 25.6 Å². The van der Waals surface area contributed by atoms with E-state index in [-0.39, 0.29) is 11.5 Å². The Morgan fingerprint density at radius 2 is 2.12 bits per heavy atom. The summed E-state index contributed by atoms with van der Waals surface area (Å²) < 4.78 is 8.50. The van der Waals surface area contributed by atoms with E-state index in [0.717, 1.165) is 18.5 Å². The number of carbonyl (C=O) groups excluding carboxylic acids is 1. The maximum atomic E-state index is 12.6. The fraction of sp³-hybridized carbons (Fsp3) is 0.500. The van der Waals surface area contributed by atoms with Crippen molar-refractivity contribution < 1.29 is 9.53 Å². The van der Waals surface area contributed by atoms with E-state index < -0.39 is 0 Å². The smallest absolute Gasteiger partial charge is 0.259 e. The first-order chi connectivity index (χ1) is 12.1. The third-order valence-electron chi connectivity index (χ3n) is 4.74. The third-order valence-corrected chi connectivity index (χ3v) is 4.74. The standard InChI is InChI=1S/C18H24N4O3/c1-13-16(11-19-22(13)15-5-3-4-6-15)18(24)20-14-7-8-17(23)21(12-14)9-10-25-2/h7-8,11-12,15H,3-6,9-10H2,1-2H3,(H,20,24). The number of carbonyl (C=O) groups is 1. The highest BCUT2D eigenvalue weighted by Crippen LogP contribution is 2.30. The summed E-state index contributed by atoms with van der Waals surface area (Å²) in [6.07, 6.45) is 7.94. The van der Waals surface area contributed by atoms with Gasteiger partial charge in [-0.05, 0) is 25.8 Å². The number of ether oxygens (including phenoxy) is 1. The van der Waals surface area contributed by atoms with Crippen LogP contribution in [0.25, 0.3) is 0 Å². The predicted octanol–water partition coefficient (Wildman–Crippen LogP) is 2.37. The van der Waals surface area contributed by atoms with Gasteiger partial charge in [0.25, 0.3) is 11.5 Å². The Balaban J connectivity index is 1.75. The van der Waals surface area contributed by atoms with Gasteiger partial charge >= 0.3 is 0 Å². The zero-order valence-electron chi connectivity index (χ0n) is 14.7. The van der Waals surface area contributed by atoms with Crippen molar-refractivity contribution in [3.63, 3.8) is 0 Å². The molecule has 1 amide bonds. The van der Waals surface area contributed by atoms with Gasteiger partial charge in [-0.15, -0.1) is 0 Å². The molecule has 0 bridgehead atoms. The van der Waals surface area contributed by atoms with Gasteiger partial charge in [0.15, 0.2) is 0 Å². The van der Waals surface area contributed by atoms with E-state index in [1.807, 2.05) is 11.6 Å². The summed E-state index contributed by atoms with van der Waals surface area (Å²) in [5, 5.41) is 7.27. The van der Waals surface area contributed by atoms with Crippen LogP contribution < -0.4 is 10.9 Å². The molecule has 0 unspecified atom stereocenters. The molecule has 0 saturated heterocycles. The maximum Gasteiger partial charge on any atom is 0.259 e. The second-order valence-electron chi connectivity index (χ2n) is 6.42. The second-order valence-corrected chi connectivity index (χ2v) is 6.42. The highest BCUT2D eigenvalue weighted by molar-refractivity contribution is 6.04. The molecule has 0 radical (unpaired) electrons. The molecular weight excluding hydrogens is 320 g/mol. The Morgan fingerprint density at radius 1 is 1.36 bits per heavy atom. The zero-order chi connectivity index (χ0) is 17.8. The van der Waals surface area contributed by atoms with Crippen molar-refractivity contribution in [2.75, 3.05) is 19.0 Å². The second kappa shape index (κ2) is 7.65. The van der Waals surface area contributed by atoms with E-state index in [4.69, 9.17) is 4.74 Å². The number of amides is 1. The number of pyridine rings is 1. The van der Waals surface area contributed by atoms with Crippen LogP contribution in [0.2, 0.25) is 0 Å². The minimum absolute atomic E-state index is 0.125. The van der Waals surface area contributed by atoms with Crippen LogP contribution in [0.1, 0.15) is 47.8 Å². The minimum atomic E-state index is -0.210. The number of anilines is 1. The molecule has 7 nitrogen and oxygen atoms in total. The van der Waals surface area contributed by atoms with Crippen molar-refractivity contribution in [3.05, 3.63) is 46.1 Å². The van der Waals surface area contributed by atoms with Gasteiger partial charge in [-0.3, -0.25) is 14.3 Å². The van der Waals surface area contributed by atoms with Gasteiger partial charge in [0, 0.05) is 31.6 Å². The highest BCUT2D eigenvalue weighted by Gasteiger charge is 2.22. The molecule has 0 atom stereocenters. The van der Waals surface area contributed by atoms with Crippen molar-refractivity contribution >= 4 is 11.6 Å². The molecule has 2 aromatic heterocycles. The highest BCUT2D eigenvalue weighted by atomic mass is 16.5. The molecule has 3 rings (SSSR count). The quantitative estimate of drug-likeness (QED) is 0.873. The molecule has 1 aliphatic rings. The molecule has 2 heterocycles. The van der Waals surface area contributed by atoms with Gasteiger partial charge in [-0.1, -0.05) is 12.8 Å². The molecule has 25 heavy (non-hydrogen) atoms. The van der Waals surface area contributed by atoms with Gasteiger partial charge in [-0.2, -0.15) is 5.10 Å². The Hall–Kier alpha value is -2.41. The summed E-state index contributed by atoms with van der Waals surface area (Å²) in [7, 11) is 1.58. The van der Waals surface area contributed by atoms with Crippen LogP contribution in [0, 0.1) is 6.92 Å². The number of rotatable bonds is 6.